The molecule has 0 aliphatic carbocycles. The van der Waals surface area contributed by atoms with Crippen molar-refractivity contribution in [2.75, 3.05) is 14.2 Å². The molecule has 7 heteroatoms. The zero-order chi connectivity index (χ0) is 12.8. The van der Waals surface area contributed by atoms with Gasteiger partial charge in [-0.2, -0.15) is 5.10 Å². The second-order valence-corrected chi connectivity index (χ2v) is 3.32. The monoisotopic (exact) mass is 258 g/mol. The van der Waals surface area contributed by atoms with E-state index in [2.05, 4.69) is 15.3 Å². The number of phenols is 1. The Bertz CT molecular complexity index is 448. The Kier molecular flexibility index (Phi) is 4.59. The number of ether oxygens (including phenoxy) is 2. The smallest absolute Gasteiger partial charge is 0.427 e. The number of carbonyl (C=O) groups is 1. The van der Waals surface area contributed by atoms with E-state index in [1.54, 1.807) is 0 Å². The summed E-state index contributed by atoms with van der Waals surface area (Å²) < 4.78 is 9.23. The molecular weight excluding hydrogens is 248 g/mol. The summed E-state index contributed by atoms with van der Waals surface area (Å²) in [4.78, 5) is 10.7. The number of hydrogen-bond acceptors (Lipinski definition) is 5. The number of nitrogens with zero attached hydrogens (tertiary/aromatic N) is 1. The van der Waals surface area contributed by atoms with Crippen LogP contribution in [-0.2, 0) is 4.74 Å². The summed E-state index contributed by atoms with van der Waals surface area (Å²) in [6, 6.07) is 2.99. The van der Waals surface area contributed by atoms with Crippen molar-refractivity contribution in [3.8, 4) is 11.5 Å². The number of rotatable bonds is 3. The van der Waals surface area contributed by atoms with Gasteiger partial charge in [0.15, 0.2) is 11.5 Å². The van der Waals surface area contributed by atoms with Crippen molar-refractivity contribution < 1.29 is 19.4 Å². The lowest BCUT2D eigenvalue weighted by atomic mass is 10.2. The summed E-state index contributed by atoms with van der Waals surface area (Å²) in [5, 5.41) is 13.2. The van der Waals surface area contributed by atoms with E-state index in [9.17, 15) is 9.90 Å². The molecule has 0 saturated heterocycles. The molecule has 17 heavy (non-hydrogen) atoms. The predicted molar refractivity (Wildman–Crippen MR) is 62.8 cm³/mol. The molecule has 0 aliphatic rings. The second kappa shape index (κ2) is 5.95. The Morgan fingerprint density at radius 3 is 2.82 bits per heavy atom. The first-order valence-corrected chi connectivity index (χ1v) is 4.89. The summed E-state index contributed by atoms with van der Waals surface area (Å²) in [5.41, 5.74) is 2.67. The van der Waals surface area contributed by atoms with Crippen molar-refractivity contribution in [1.82, 2.24) is 5.43 Å². The zero-order valence-electron chi connectivity index (χ0n) is 9.23. The maximum atomic E-state index is 10.7. The highest BCUT2D eigenvalue weighted by Gasteiger charge is 2.07. The fourth-order valence-electron chi connectivity index (χ4n) is 1.03. The lowest BCUT2D eigenvalue weighted by molar-refractivity contribution is 0.171. The van der Waals surface area contributed by atoms with Crippen LogP contribution in [0.25, 0.3) is 0 Å². The third-order valence-electron chi connectivity index (χ3n) is 1.83. The molecule has 2 N–H and O–H groups in total. The maximum Gasteiger partial charge on any atom is 0.427 e. The van der Waals surface area contributed by atoms with Crippen molar-refractivity contribution in [3.63, 3.8) is 0 Å². The predicted octanol–water partition coefficient (Wildman–Crippen LogP) is 1.74. The lowest BCUT2D eigenvalue weighted by Gasteiger charge is -2.05. The first-order valence-electron chi connectivity index (χ1n) is 4.52. The van der Waals surface area contributed by atoms with Gasteiger partial charge in [0, 0.05) is 0 Å². The van der Waals surface area contributed by atoms with Crippen LogP contribution >= 0.6 is 11.6 Å². The standard InChI is InChI=1S/C10H11ClN2O4/c1-16-8-4-6(3-7(11)9(8)14)5-12-13-10(15)17-2/h3-5,14H,1-2H3,(H,13,15)/b12-5+. The highest BCUT2D eigenvalue weighted by Crippen LogP contribution is 2.34. The summed E-state index contributed by atoms with van der Waals surface area (Å²) in [5.74, 6) is 0.0734. The van der Waals surface area contributed by atoms with Gasteiger partial charge in [-0.05, 0) is 17.7 Å². The van der Waals surface area contributed by atoms with Gasteiger partial charge in [0.05, 0.1) is 25.5 Å². The number of amides is 1. The van der Waals surface area contributed by atoms with Crippen LogP contribution < -0.4 is 10.2 Å². The van der Waals surface area contributed by atoms with E-state index in [1.165, 1.54) is 32.6 Å². The normalized spacial score (nSPS) is 10.3. The summed E-state index contributed by atoms with van der Waals surface area (Å²) in [6.07, 6.45) is 0.656. The highest BCUT2D eigenvalue weighted by atomic mass is 35.5. The molecule has 1 rings (SSSR count). The molecule has 0 radical (unpaired) electrons. The molecule has 1 aromatic rings. The van der Waals surface area contributed by atoms with Gasteiger partial charge in [-0.25, -0.2) is 10.2 Å². The molecule has 0 heterocycles. The van der Waals surface area contributed by atoms with E-state index >= 15 is 0 Å². The van der Waals surface area contributed by atoms with Crippen LogP contribution in [0.3, 0.4) is 0 Å². The zero-order valence-corrected chi connectivity index (χ0v) is 9.99. The molecular formula is C10H11ClN2O4. The maximum absolute atomic E-state index is 10.7. The Labute approximate surface area is 103 Å². The minimum atomic E-state index is -0.682. The molecule has 0 aliphatic heterocycles. The van der Waals surface area contributed by atoms with E-state index in [1.807, 2.05) is 0 Å². The van der Waals surface area contributed by atoms with Gasteiger partial charge in [0.1, 0.15) is 0 Å². The van der Waals surface area contributed by atoms with Crippen LogP contribution in [0.4, 0.5) is 4.79 Å². The van der Waals surface area contributed by atoms with Crippen molar-refractivity contribution >= 4 is 23.9 Å². The quantitative estimate of drug-likeness (QED) is 0.639. The van der Waals surface area contributed by atoms with Crippen LogP contribution in [0.15, 0.2) is 17.2 Å². The SMILES string of the molecule is COC(=O)N/N=C/c1cc(Cl)c(O)c(OC)c1. The van der Waals surface area contributed by atoms with E-state index < -0.39 is 6.09 Å². The van der Waals surface area contributed by atoms with E-state index in [0.717, 1.165) is 0 Å². The molecule has 0 fully saturated rings. The minimum absolute atomic E-state index is 0.129. The third-order valence-corrected chi connectivity index (χ3v) is 2.11. The molecule has 92 valence electrons. The Balaban J connectivity index is 2.85. The number of carbonyl (C=O) groups excluding carboxylic acids is 1. The minimum Gasteiger partial charge on any atom is -0.503 e. The van der Waals surface area contributed by atoms with Crippen LogP contribution in [0.1, 0.15) is 5.56 Å². The van der Waals surface area contributed by atoms with Gasteiger partial charge in [0.2, 0.25) is 0 Å². The van der Waals surface area contributed by atoms with E-state index in [-0.39, 0.29) is 16.5 Å². The number of aromatic hydroxyl groups is 1. The molecule has 0 bridgehead atoms. The largest absolute Gasteiger partial charge is 0.503 e. The second-order valence-electron chi connectivity index (χ2n) is 2.92. The average Bonchev–Trinajstić information content (AvgIpc) is 2.33. The van der Waals surface area contributed by atoms with Gasteiger partial charge in [-0.3, -0.25) is 0 Å². The number of hydrazone groups is 1. The fourth-order valence-corrected chi connectivity index (χ4v) is 1.25. The van der Waals surface area contributed by atoms with Crippen LogP contribution in [0, 0.1) is 0 Å². The first-order chi connectivity index (χ1) is 8.08. The number of benzene rings is 1. The van der Waals surface area contributed by atoms with E-state index in [0.29, 0.717) is 5.56 Å². The number of phenolic OH excluding ortho intramolecular Hbond substituents is 1. The highest BCUT2D eigenvalue weighted by molar-refractivity contribution is 6.32. The number of methoxy groups -OCH3 is 2. The van der Waals surface area contributed by atoms with Crippen molar-refractivity contribution in [1.29, 1.82) is 0 Å². The molecule has 0 spiro atoms. The summed E-state index contributed by atoms with van der Waals surface area (Å²) >= 11 is 5.76. The van der Waals surface area contributed by atoms with Gasteiger partial charge in [-0.15, -0.1) is 0 Å². The van der Waals surface area contributed by atoms with E-state index in [4.69, 9.17) is 16.3 Å². The molecule has 1 aromatic carbocycles. The Hall–Kier alpha value is -1.95. The molecule has 1 amide bonds. The van der Waals surface area contributed by atoms with Crippen molar-refractivity contribution in [2.45, 2.75) is 0 Å². The summed E-state index contributed by atoms with van der Waals surface area (Å²) in [6.45, 7) is 0. The summed E-state index contributed by atoms with van der Waals surface area (Å²) in [7, 11) is 2.63. The lowest BCUT2D eigenvalue weighted by Crippen LogP contribution is -2.16. The molecule has 0 unspecified atom stereocenters. The Morgan fingerprint density at radius 1 is 1.53 bits per heavy atom. The number of hydrogen-bond donors (Lipinski definition) is 2. The fraction of sp³-hybridized carbons (Fsp3) is 0.200. The van der Waals surface area contributed by atoms with Crippen LogP contribution in [0.5, 0.6) is 11.5 Å². The van der Waals surface area contributed by atoms with Gasteiger partial charge < -0.3 is 14.6 Å². The van der Waals surface area contributed by atoms with Gasteiger partial charge in [0.25, 0.3) is 0 Å². The third kappa shape index (κ3) is 3.53. The van der Waals surface area contributed by atoms with Gasteiger partial charge >= 0.3 is 6.09 Å². The molecule has 0 aromatic heterocycles. The average molecular weight is 259 g/mol. The first kappa shape index (κ1) is 13.1. The Morgan fingerprint density at radius 2 is 2.24 bits per heavy atom. The van der Waals surface area contributed by atoms with Crippen molar-refractivity contribution in [2.24, 2.45) is 5.10 Å². The molecule has 0 saturated carbocycles. The number of halogens is 1. The van der Waals surface area contributed by atoms with Crippen LogP contribution in [0.2, 0.25) is 5.02 Å². The van der Waals surface area contributed by atoms with Crippen LogP contribution in [-0.4, -0.2) is 31.6 Å². The van der Waals surface area contributed by atoms with Crippen molar-refractivity contribution in [3.05, 3.63) is 22.7 Å². The van der Waals surface area contributed by atoms with Gasteiger partial charge in [-0.1, -0.05) is 11.6 Å². The topological polar surface area (TPSA) is 80.2 Å². The molecule has 0 atom stereocenters. The molecule has 6 nitrogen and oxygen atoms in total. The number of nitrogens with one attached hydrogen (secondary N) is 1.